The lowest BCUT2D eigenvalue weighted by molar-refractivity contribution is -0.137. The summed E-state index contributed by atoms with van der Waals surface area (Å²) >= 11 is 0. The highest BCUT2D eigenvalue weighted by molar-refractivity contribution is 5.95. The van der Waals surface area contributed by atoms with Crippen molar-refractivity contribution in [2.75, 3.05) is 38.2 Å². The molecule has 2 heterocycles. The first-order valence-corrected chi connectivity index (χ1v) is 9.71. The number of carbonyl (C=O) groups excluding carboxylic acids is 1. The average molecular weight is 408 g/mol. The van der Waals surface area contributed by atoms with E-state index < -0.39 is 11.7 Å². The summed E-state index contributed by atoms with van der Waals surface area (Å²) in [4.78, 5) is 14.8. The molecule has 1 N–H and O–H groups in total. The number of alkyl halides is 3. The van der Waals surface area contributed by atoms with E-state index in [1.165, 1.54) is 6.07 Å². The van der Waals surface area contributed by atoms with Gasteiger partial charge >= 0.3 is 6.18 Å². The predicted octanol–water partition coefficient (Wildman–Crippen LogP) is 2.98. The van der Waals surface area contributed by atoms with Gasteiger partial charge in [0, 0.05) is 31.7 Å². The van der Waals surface area contributed by atoms with Crippen LogP contribution < -0.4 is 5.32 Å². The van der Waals surface area contributed by atoms with Gasteiger partial charge in [0.15, 0.2) is 0 Å². The van der Waals surface area contributed by atoms with Gasteiger partial charge in [0.05, 0.1) is 37.2 Å². The van der Waals surface area contributed by atoms with E-state index in [4.69, 9.17) is 4.74 Å². The Labute approximate surface area is 166 Å². The van der Waals surface area contributed by atoms with Crippen LogP contribution in [0.5, 0.6) is 0 Å². The number of nitrogens with zero attached hydrogens (tertiary/aromatic N) is 3. The van der Waals surface area contributed by atoms with Crippen molar-refractivity contribution in [1.29, 1.82) is 0 Å². The largest absolute Gasteiger partial charge is 0.416 e. The molecule has 2 aromatic rings. The zero-order valence-corrected chi connectivity index (χ0v) is 15.9. The number of carbonyl (C=O) groups is 1. The van der Waals surface area contributed by atoms with Crippen molar-refractivity contribution < 1.29 is 22.7 Å². The summed E-state index contributed by atoms with van der Waals surface area (Å²) in [5.74, 6) is -0.663. The molecule has 6 nitrogen and oxygen atoms in total. The molecule has 1 aromatic heterocycles. The maximum Gasteiger partial charge on any atom is 0.416 e. The highest BCUT2D eigenvalue weighted by Gasteiger charge is 2.44. The third-order valence-corrected chi connectivity index (χ3v) is 5.42. The van der Waals surface area contributed by atoms with Crippen molar-refractivity contribution in [3.8, 4) is 0 Å². The number of hydrogen-bond acceptors (Lipinski definition) is 4. The lowest BCUT2D eigenvalue weighted by Crippen LogP contribution is -2.38. The van der Waals surface area contributed by atoms with Crippen molar-refractivity contribution in [3.05, 3.63) is 47.8 Å². The number of rotatable bonds is 6. The van der Waals surface area contributed by atoms with E-state index in [9.17, 15) is 18.0 Å². The predicted molar refractivity (Wildman–Crippen MR) is 100 cm³/mol. The van der Waals surface area contributed by atoms with Gasteiger partial charge < -0.3 is 10.1 Å². The summed E-state index contributed by atoms with van der Waals surface area (Å²) < 4.78 is 45.7. The van der Waals surface area contributed by atoms with E-state index in [0.29, 0.717) is 24.2 Å². The summed E-state index contributed by atoms with van der Waals surface area (Å²) in [6.07, 6.45) is -0.449. The fourth-order valence-corrected chi connectivity index (χ4v) is 3.65. The number of ether oxygens (including phenoxy) is 1. The highest BCUT2D eigenvalue weighted by atomic mass is 19.4. The van der Waals surface area contributed by atoms with Gasteiger partial charge in [0.25, 0.3) is 0 Å². The first-order valence-electron chi connectivity index (χ1n) is 9.71. The molecule has 1 saturated heterocycles. The van der Waals surface area contributed by atoms with Gasteiger partial charge in [0.2, 0.25) is 5.91 Å². The molecule has 1 aromatic carbocycles. The minimum Gasteiger partial charge on any atom is -0.379 e. The van der Waals surface area contributed by atoms with Crippen molar-refractivity contribution in [2.24, 2.45) is 5.92 Å². The van der Waals surface area contributed by atoms with Crippen LogP contribution in [0, 0.1) is 5.92 Å². The standard InChI is InChI=1S/C20H23F3N4O2/c21-20(22,23)15-3-1-2-14(10-15)17-11-18(17)19(28)25-16-12-24-27(13-16)5-4-26-6-8-29-9-7-26/h1-3,10,12-13,17-18H,4-9,11H2,(H,25,28). The monoisotopic (exact) mass is 408 g/mol. The highest BCUT2D eigenvalue weighted by Crippen LogP contribution is 2.48. The molecule has 156 valence electrons. The van der Waals surface area contributed by atoms with Gasteiger partial charge in [-0.3, -0.25) is 14.4 Å². The summed E-state index contributed by atoms with van der Waals surface area (Å²) in [5, 5.41) is 7.10. The van der Waals surface area contributed by atoms with Crippen LogP contribution in [-0.2, 0) is 22.3 Å². The number of halogens is 3. The lowest BCUT2D eigenvalue weighted by atomic mass is 10.1. The molecule has 2 aliphatic rings. The Morgan fingerprint density at radius 1 is 1.24 bits per heavy atom. The molecule has 2 atom stereocenters. The second-order valence-corrected chi connectivity index (χ2v) is 7.51. The second-order valence-electron chi connectivity index (χ2n) is 7.51. The first-order chi connectivity index (χ1) is 13.9. The quantitative estimate of drug-likeness (QED) is 0.799. The molecule has 29 heavy (non-hydrogen) atoms. The number of morpholine rings is 1. The Morgan fingerprint density at radius 2 is 2.03 bits per heavy atom. The smallest absolute Gasteiger partial charge is 0.379 e. The molecule has 0 radical (unpaired) electrons. The Kier molecular flexibility index (Phi) is 5.60. The van der Waals surface area contributed by atoms with Crippen LogP contribution in [-0.4, -0.2) is 53.4 Å². The fourth-order valence-electron chi connectivity index (χ4n) is 3.65. The zero-order chi connectivity index (χ0) is 20.4. The van der Waals surface area contributed by atoms with E-state index in [0.717, 1.165) is 45.0 Å². The van der Waals surface area contributed by atoms with E-state index in [1.807, 2.05) is 0 Å². The Hall–Kier alpha value is -2.39. The van der Waals surface area contributed by atoms with Crippen molar-refractivity contribution in [1.82, 2.24) is 14.7 Å². The number of nitrogens with one attached hydrogen (secondary N) is 1. The zero-order valence-electron chi connectivity index (χ0n) is 15.9. The van der Waals surface area contributed by atoms with Crippen LogP contribution in [0.4, 0.5) is 18.9 Å². The number of hydrogen-bond donors (Lipinski definition) is 1. The van der Waals surface area contributed by atoms with E-state index in [2.05, 4.69) is 15.3 Å². The summed E-state index contributed by atoms with van der Waals surface area (Å²) in [6.45, 7) is 4.88. The minimum absolute atomic E-state index is 0.173. The normalized spacial score (nSPS) is 22.4. The Bertz CT molecular complexity index is 861. The fraction of sp³-hybridized carbons (Fsp3) is 0.500. The average Bonchev–Trinajstić information content (AvgIpc) is 3.40. The molecule has 9 heteroatoms. The van der Waals surface area contributed by atoms with Crippen molar-refractivity contribution in [2.45, 2.75) is 25.1 Å². The van der Waals surface area contributed by atoms with Gasteiger partial charge in [0.1, 0.15) is 0 Å². The number of anilines is 1. The summed E-state index contributed by atoms with van der Waals surface area (Å²) in [7, 11) is 0. The molecule has 0 spiro atoms. The SMILES string of the molecule is O=C(Nc1cnn(CCN2CCOCC2)c1)C1CC1c1cccc(C(F)(F)F)c1. The van der Waals surface area contributed by atoms with Gasteiger partial charge in [-0.25, -0.2) is 0 Å². The topological polar surface area (TPSA) is 59.4 Å². The first kappa shape index (κ1) is 19.9. The van der Waals surface area contributed by atoms with Crippen LogP contribution in [0.2, 0.25) is 0 Å². The maximum atomic E-state index is 12.9. The van der Waals surface area contributed by atoms with E-state index >= 15 is 0 Å². The molecule has 1 aliphatic carbocycles. The molecular weight excluding hydrogens is 385 g/mol. The summed E-state index contributed by atoms with van der Waals surface area (Å²) in [6, 6.07) is 5.23. The van der Waals surface area contributed by atoms with Crippen LogP contribution in [0.25, 0.3) is 0 Å². The molecule has 1 saturated carbocycles. The maximum absolute atomic E-state index is 12.9. The Balaban J connectivity index is 1.29. The van der Waals surface area contributed by atoms with Crippen molar-refractivity contribution >= 4 is 11.6 Å². The number of aromatic nitrogens is 2. The second kappa shape index (κ2) is 8.16. The molecule has 2 unspecified atom stereocenters. The molecule has 1 aliphatic heterocycles. The van der Waals surface area contributed by atoms with Crippen molar-refractivity contribution in [3.63, 3.8) is 0 Å². The number of amides is 1. The molecule has 0 bridgehead atoms. The van der Waals surface area contributed by atoms with Crippen LogP contribution >= 0.6 is 0 Å². The van der Waals surface area contributed by atoms with Crippen LogP contribution in [0.1, 0.15) is 23.5 Å². The molecule has 2 fully saturated rings. The Morgan fingerprint density at radius 3 is 2.79 bits per heavy atom. The third-order valence-electron chi connectivity index (χ3n) is 5.42. The molecular formula is C20H23F3N4O2. The van der Waals surface area contributed by atoms with Gasteiger partial charge in [-0.1, -0.05) is 18.2 Å². The van der Waals surface area contributed by atoms with Crippen LogP contribution in [0.3, 0.4) is 0 Å². The number of benzene rings is 1. The van der Waals surface area contributed by atoms with E-state index in [-0.39, 0.29) is 17.7 Å². The van der Waals surface area contributed by atoms with Gasteiger partial charge in [-0.15, -0.1) is 0 Å². The minimum atomic E-state index is -4.38. The summed E-state index contributed by atoms with van der Waals surface area (Å²) in [5.41, 5.74) is 0.482. The van der Waals surface area contributed by atoms with Gasteiger partial charge in [-0.2, -0.15) is 18.3 Å². The van der Waals surface area contributed by atoms with Crippen LogP contribution in [0.15, 0.2) is 36.7 Å². The molecule has 4 rings (SSSR count). The third kappa shape index (κ3) is 4.97. The lowest BCUT2D eigenvalue weighted by Gasteiger charge is -2.26. The van der Waals surface area contributed by atoms with Gasteiger partial charge in [-0.05, 0) is 24.0 Å². The van der Waals surface area contributed by atoms with E-state index in [1.54, 1.807) is 23.1 Å². The molecule has 1 amide bonds.